The molecule has 0 amide bonds. The summed E-state index contributed by atoms with van der Waals surface area (Å²) in [5.41, 5.74) is 0.354. The molecule has 6 atom stereocenters. The minimum absolute atomic E-state index is 0.00235. The Bertz CT molecular complexity index is 898. The number of carbonyl (C=O) groups is 1. The zero-order valence-corrected chi connectivity index (χ0v) is 16.3. The molecule has 10 heteroatoms. The molecule has 2 aromatic rings. The summed E-state index contributed by atoms with van der Waals surface area (Å²) in [4.78, 5) is 12.5. The predicted molar refractivity (Wildman–Crippen MR) is 105 cm³/mol. The van der Waals surface area contributed by atoms with Crippen molar-refractivity contribution in [2.24, 2.45) is 0 Å². The molecule has 2 aromatic carbocycles. The van der Waals surface area contributed by atoms with Gasteiger partial charge >= 0.3 is 0 Å². The molecule has 168 valence electrons. The van der Waals surface area contributed by atoms with Crippen LogP contribution in [-0.4, -0.2) is 78.8 Å². The van der Waals surface area contributed by atoms with E-state index in [4.69, 9.17) is 9.47 Å². The van der Waals surface area contributed by atoms with E-state index < -0.39 is 54.9 Å². The summed E-state index contributed by atoms with van der Waals surface area (Å²) in [5.74, 6) is -0.963. The quantitative estimate of drug-likeness (QED) is 0.282. The number of ether oxygens (including phenoxy) is 2. The summed E-state index contributed by atoms with van der Waals surface area (Å²) < 4.78 is 10.6. The van der Waals surface area contributed by atoms with Gasteiger partial charge in [0.05, 0.1) is 18.3 Å². The maximum atomic E-state index is 12.5. The summed E-state index contributed by atoms with van der Waals surface area (Å²) in [5, 5.41) is 68.6. The Labute approximate surface area is 177 Å². The van der Waals surface area contributed by atoms with Crippen LogP contribution in [0.25, 0.3) is 0 Å². The zero-order valence-electron chi connectivity index (χ0n) is 16.3. The lowest BCUT2D eigenvalue weighted by Gasteiger charge is -2.39. The van der Waals surface area contributed by atoms with Gasteiger partial charge in [0, 0.05) is 12.5 Å². The van der Waals surface area contributed by atoms with Crippen molar-refractivity contribution in [3.05, 3.63) is 53.6 Å². The van der Waals surface area contributed by atoms with Gasteiger partial charge < -0.3 is 45.2 Å². The smallest absolute Gasteiger partial charge is 0.229 e. The van der Waals surface area contributed by atoms with Gasteiger partial charge in [0.15, 0.2) is 5.78 Å². The highest BCUT2D eigenvalue weighted by Gasteiger charge is 2.44. The molecule has 7 N–H and O–H groups in total. The average Bonchev–Trinajstić information content (AvgIpc) is 2.74. The Hall–Kier alpha value is -2.73. The number of Topliss-reactive ketones (excluding diaryl/α,β-unsaturated/α-hetero) is 1. The van der Waals surface area contributed by atoms with Crippen molar-refractivity contribution in [1.82, 2.24) is 0 Å². The molecule has 10 nitrogen and oxygen atoms in total. The molecule has 0 aliphatic carbocycles. The highest BCUT2D eigenvalue weighted by atomic mass is 16.7. The molecule has 0 radical (unpaired) electrons. The summed E-state index contributed by atoms with van der Waals surface area (Å²) in [6, 6.07) is 9.40. The van der Waals surface area contributed by atoms with Crippen LogP contribution in [-0.2, 0) is 4.74 Å². The number of hydrogen-bond acceptors (Lipinski definition) is 10. The van der Waals surface area contributed by atoms with Crippen molar-refractivity contribution in [3.8, 4) is 17.2 Å². The fourth-order valence-electron chi connectivity index (χ4n) is 3.22. The number of hydrogen-bond donors (Lipinski definition) is 7. The maximum absolute atomic E-state index is 12.5. The molecule has 1 fully saturated rings. The van der Waals surface area contributed by atoms with Crippen LogP contribution in [0.4, 0.5) is 0 Å². The van der Waals surface area contributed by atoms with Gasteiger partial charge in [-0.1, -0.05) is 12.1 Å². The highest BCUT2D eigenvalue weighted by Crippen LogP contribution is 2.30. The summed E-state index contributed by atoms with van der Waals surface area (Å²) >= 11 is 0. The van der Waals surface area contributed by atoms with E-state index in [0.717, 1.165) is 6.07 Å². The van der Waals surface area contributed by atoms with E-state index in [-0.39, 0.29) is 23.5 Å². The van der Waals surface area contributed by atoms with E-state index in [0.29, 0.717) is 5.56 Å². The van der Waals surface area contributed by atoms with Crippen LogP contribution >= 0.6 is 0 Å². The second-order valence-corrected chi connectivity index (χ2v) is 7.23. The molecule has 0 bridgehead atoms. The highest BCUT2D eigenvalue weighted by molar-refractivity contribution is 5.99. The number of ketones is 1. The standard InChI is InChI=1S/C21H24O10/c22-9-17-18(27)19(28)20(29)21(31-17)30-12-5-6-13(15(25)7-12)16(26)8-14(24)10-1-3-11(23)4-2-10/h1-7,14,17-25,27-29H,8-9H2/t14-,17+,18+,19-,20+,21+/m0/s1. The molecule has 0 saturated carbocycles. The van der Waals surface area contributed by atoms with Crippen LogP contribution in [0.5, 0.6) is 17.2 Å². The van der Waals surface area contributed by atoms with Gasteiger partial charge in [-0.05, 0) is 29.8 Å². The van der Waals surface area contributed by atoms with Crippen molar-refractivity contribution in [3.63, 3.8) is 0 Å². The van der Waals surface area contributed by atoms with Gasteiger partial charge in [0.1, 0.15) is 41.7 Å². The van der Waals surface area contributed by atoms with Crippen LogP contribution < -0.4 is 4.74 Å². The molecule has 1 aliphatic heterocycles. The zero-order chi connectivity index (χ0) is 22.7. The third kappa shape index (κ3) is 5.13. The summed E-state index contributed by atoms with van der Waals surface area (Å²) in [6.07, 6.45) is -8.82. The number of phenols is 2. The van der Waals surface area contributed by atoms with Gasteiger partial charge in [-0.25, -0.2) is 0 Å². The fourth-order valence-corrected chi connectivity index (χ4v) is 3.22. The first-order valence-corrected chi connectivity index (χ1v) is 9.51. The molecule has 0 unspecified atom stereocenters. The van der Waals surface area contributed by atoms with Crippen molar-refractivity contribution >= 4 is 5.78 Å². The van der Waals surface area contributed by atoms with E-state index in [1.54, 1.807) is 0 Å². The van der Waals surface area contributed by atoms with Crippen molar-refractivity contribution < 1.29 is 50.0 Å². The lowest BCUT2D eigenvalue weighted by molar-refractivity contribution is -0.277. The SMILES string of the molecule is O=C(C[C@H](O)c1ccc(O)cc1)c1ccc(O[C@@H]2O[C@H](CO)[C@@H](O)[C@H](O)[C@H]2O)cc1O. The summed E-state index contributed by atoms with van der Waals surface area (Å²) in [6.45, 7) is -0.618. The third-order valence-electron chi connectivity index (χ3n) is 5.03. The number of phenolic OH excluding ortho intramolecular Hbond substituents is 2. The number of carbonyl (C=O) groups excluding carboxylic acids is 1. The third-order valence-corrected chi connectivity index (χ3v) is 5.03. The molecule has 1 saturated heterocycles. The molecular weight excluding hydrogens is 412 g/mol. The predicted octanol–water partition coefficient (Wildman–Crippen LogP) is -0.417. The lowest BCUT2D eigenvalue weighted by Crippen LogP contribution is -2.60. The monoisotopic (exact) mass is 436 g/mol. The van der Waals surface area contributed by atoms with Gasteiger partial charge in [-0.2, -0.15) is 0 Å². The first-order chi connectivity index (χ1) is 14.7. The van der Waals surface area contributed by atoms with Crippen molar-refractivity contribution in [2.45, 2.75) is 43.2 Å². The van der Waals surface area contributed by atoms with Gasteiger partial charge in [-0.3, -0.25) is 4.79 Å². The Morgan fingerprint density at radius 3 is 2.29 bits per heavy atom. The van der Waals surface area contributed by atoms with E-state index in [1.165, 1.54) is 36.4 Å². The van der Waals surface area contributed by atoms with E-state index in [1.807, 2.05) is 0 Å². The molecule has 1 heterocycles. The van der Waals surface area contributed by atoms with Crippen molar-refractivity contribution in [2.75, 3.05) is 6.61 Å². The largest absolute Gasteiger partial charge is 0.508 e. The second kappa shape index (κ2) is 9.60. The number of aliphatic hydroxyl groups is 5. The molecule has 0 spiro atoms. The van der Waals surface area contributed by atoms with Crippen LogP contribution in [0.15, 0.2) is 42.5 Å². The number of aromatic hydroxyl groups is 2. The van der Waals surface area contributed by atoms with Gasteiger partial charge in [0.2, 0.25) is 6.29 Å². The first kappa shape index (κ1) is 22.9. The Morgan fingerprint density at radius 2 is 1.68 bits per heavy atom. The minimum Gasteiger partial charge on any atom is -0.508 e. The van der Waals surface area contributed by atoms with Crippen LogP contribution in [0.3, 0.4) is 0 Å². The van der Waals surface area contributed by atoms with Crippen molar-refractivity contribution in [1.29, 1.82) is 0 Å². The van der Waals surface area contributed by atoms with E-state index in [9.17, 15) is 40.5 Å². The minimum atomic E-state index is -1.62. The molecule has 3 rings (SSSR count). The Kier molecular flexibility index (Phi) is 7.11. The molecule has 31 heavy (non-hydrogen) atoms. The fraction of sp³-hybridized carbons (Fsp3) is 0.381. The molecule has 1 aliphatic rings. The number of rotatable bonds is 7. The van der Waals surface area contributed by atoms with E-state index >= 15 is 0 Å². The Morgan fingerprint density at radius 1 is 1.00 bits per heavy atom. The first-order valence-electron chi connectivity index (χ1n) is 9.51. The number of aliphatic hydroxyl groups excluding tert-OH is 5. The van der Waals surface area contributed by atoms with E-state index in [2.05, 4.69) is 0 Å². The normalized spacial score (nSPS) is 26.9. The maximum Gasteiger partial charge on any atom is 0.229 e. The lowest BCUT2D eigenvalue weighted by atomic mass is 9.99. The van der Waals surface area contributed by atoms with Gasteiger partial charge in [-0.15, -0.1) is 0 Å². The molecule has 0 aromatic heterocycles. The Balaban J connectivity index is 1.68. The topological polar surface area (TPSA) is 177 Å². The molecular formula is C21H24O10. The average molecular weight is 436 g/mol. The summed E-state index contributed by atoms with van der Waals surface area (Å²) in [7, 11) is 0. The second-order valence-electron chi connectivity index (χ2n) is 7.23. The van der Waals surface area contributed by atoms with Crippen LogP contribution in [0, 0.1) is 0 Å². The van der Waals surface area contributed by atoms with Gasteiger partial charge in [0.25, 0.3) is 0 Å². The van der Waals surface area contributed by atoms with Crippen LogP contribution in [0.1, 0.15) is 28.4 Å². The van der Waals surface area contributed by atoms with Crippen LogP contribution in [0.2, 0.25) is 0 Å². The number of benzene rings is 2.